The molecule has 1 aliphatic carbocycles. The summed E-state index contributed by atoms with van der Waals surface area (Å²) in [6, 6.07) is 8.31. The number of hydrogen-bond donors (Lipinski definition) is 3. The minimum Gasteiger partial charge on any atom is -0.347 e. The Bertz CT molecular complexity index is 1660. The van der Waals surface area contributed by atoms with Crippen LogP contribution in [-0.2, 0) is 33.3 Å². The fourth-order valence-corrected chi connectivity index (χ4v) is 9.31. The number of anilines is 2. The third kappa shape index (κ3) is 4.92. The zero-order valence-electron chi connectivity index (χ0n) is 22.7. The number of benzene rings is 1. The van der Waals surface area contributed by atoms with E-state index in [1.807, 2.05) is 6.07 Å². The zero-order valence-corrected chi connectivity index (χ0v) is 25.3. The normalized spacial score (nSPS) is 29.0. The number of imidazole rings is 1. The minimum absolute atomic E-state index is 0.0308. The van der Waals surface area contributed by atoms with Crippen LogP contribution in [0.2, 0.25) is 5.28 Å². The molecule has 3 aromatic rings. The molecular weight excluding hydrogens is 612 g/mol. The fourth-order valence-electron chi connectivity index (χ4n) is 6.58. The highest BCUT2D eigenvalue weighted by molar-refractivity contribution is 7.70. The Kier molecular flexibility index (Phi) is 6.70. The van der Waals surface area contributed by atoms with Gasteiger partial charge in [0.2, 0.25) is 5.28 Å². The first-order valence-corrected chi connectivity index (χ1v) is 17.5. The first-order valence-electron chi connectivity index (χ1n) is 13.5. The molecule has 1 saturated carbocycles. The van der Waals surface area contributed by atoms with Gasteiger partial charge in [0.1, 0.15) is 18.3 Å². The Morgan fingerprint density at radius 2 is 1.86 bits per heavy atom. The molecule has 2 aromatic heterocycles. The lowest BCUT2D eigenvalue weighted by Crippen LogP contribution is -2.38. The molecule has 226 valence electrons. The van der Waals surface area contributed by atoms with Gasteiger partial charge < -0.3 is 38.3 Å². The van der Waals surface area contributed by atoms with Gasteiger partial charge in [0.15, 0.2) is 34.9 Å². The second-order valence-corrected chi connectivity index (χ2v) is 16.1. The van der Waals surface area contributed by atoms with Crippen LogP contribution in [-0.4, -0.2) is 77.4 Å². The molecule has 3 N–H and O–H groups in total. The number of aromatic nitrogens is 4. The average molecular weight is 642 g/mol. The highest BCUT2D eigenvalue weighted by Crippen LogP contribution is 2.57. The molecule has 2 unspecified atom stereocenters. The van der Waals surface area contributed by atoms with Gasteiger partial charge in [-0.1, -0.05) is 24.6 Å². The van der Waals surface area contributed by atoms with Crippen molar-refractivity contribution in [3.05, 3.63) is 41.4 Å². The van der Waals surface area contributed by atoms with E-state index in [0.29, 0.717) is 17.0 Å². The van der Waals surface area contributed by atoms with E-state index >= 15 is 0 Å². The van der Waals surface area contributed by atoms with Crippen LogP contribution in [0.1, 0.15) is 44.9 Å². The van der Waals surface area contributed by atoms with Crippen molar-refractivity contribution >= 4 is 49.5 Å². The quantitative estimate of drug-likeness (QED) is 0.251. The molecule has 0 amide bonds. The summed E-state index contributed by atoms with van der Waals surface area (Å²) in [4.78, 5) is 44.2. The van der Waals surface area contributed by atoms with Gasteiger partial charge in [0.05, 0.1) is 12.9 Å². The molecule has 14 nitrogen and oxygen atoms in total. The fraction of sp³-hybridized carbons (Fsp3) is 0.560. The number of halogens is 1. The monoisotopic (exact) mass is 641 g/mol. The summed E-state index contributed by atoms with van der Waals surface area (Å²) < 4.78 is 48.8. The molecule has 5 atom stereocenters. The van der Waals surface area contributed by atoms with Gasteiger partial charge >= 0.3 is 15.2 Å². The summed E-state index contributed by atoms with van der Waals surface area (Å²) in [6.07, 6.45) is 1.78. The second-order valence-electron chi connectivity index (χ2n) is 11.7. The summed E-state index contributed by atoms with van der Waals surface area (Å²) in [6.45, 7) is 3.75. The van der Waals surface area contributed by atoms with E-state index in [9.17, 15) is 14.0 Å². The number of nitrogens with zero attached hydrogens (tertiary/aromatic N) is 5. The van der Waals surface area contributed by atoms with Crippen LogP contribution >= 0.6 is 26.8 Å². The van der Waals surface area contributed by atoms with Crippen molar-refractivity contribution in [1.29, 1.82) is 0 Å². The Balaban J connectivity index is 1.22. The van der Waals surface area contributed by atoms with E-state index in [1.165, 1.54) is 12.0 Å². The number of rotatable bonds is 7. The molecule has 1 spiro atoms. The van der Waals surface area contributed by atoms with Crippen molar-refractivity contribution in [3.63, 3.8) is 0 Å². The van der Waals surface area contributed by atoms with Gasteiger partial charge in [-0.2, -0.15) is 9.97 Å². The van der Waals surface area contributed by atoms with E-state index in [-0.39, 0.29) is 10.7 Å². The molecule has 4 aliphatic rings. The summed E-state index contributed by atoms with van der Waals surface area (Å²) in [5.41, 5.74) is 3.36. The minimum atomic E-state index is -4.79. The van der Waals surface area contributed by atoms with Crippen molar-refractivity contribution in [2.45, 2.75) is 68.9 Å². The SMILES string of the molecule is CC1(C)OC2[C@@H](COP(=O)(O)CP(=O)(O)O)O[C@@H](n3cnc4c(N5CC6(CCC6)c6ccccc65)nc(Cl)nc43)[C@H]2O1. The smallest absolute Gasteiger partial charge is 0.340 e. The summed E-state index contributed by atoms with van der Waals surface area (Å²) in [7, 11) is -9.41. The van der Waals surface area contributed by atoms with Crippen molar-refractivity contribution in [2.24, 2.45) is 0 Å². The lowest BCUT2D eigenvalue weighted by atomic mass is 9.66. The van der Waals surface area contributed by atoms with Crippen LogP contribution in [0.3, 0.4) is 0 Å². The maximum atomic E-state index is 12.3. The number of fused-ring (bicyclic) bond motifs is 4. The van der Waals surface area contributed by atoms with Gasteiger partial charge in [-0.25, -0.2) is 4.98 Å². The Hall–Kier alpha value is -1.96. The molecule has 2 saturated heterocycles. The summed E-state index contributed by atoms with van der Waals surface area (Å²) in [5, 5.41) is 0.0308. The van der Waals surface area contributed by atoms with Gasteiger partial charge in [-0.05, 0) is 49.9 Å². The molecule has 5 heterocycles. The van der Waals surface area contributed by atoms with Crippen molar-refractivity contribution in [3.8, 4) is 0 Å². The topological polar surface area (TPSA) is 179 Å². The summed E-state index contributed by atoms with van der Waals surface area (Å²) in [5.74, 6) is -1.73. The van der Waals surface area contributed by atoms with E-state index in [2.05, 4.69) is 38.1 Å². The maximum Gasteiger partial charge on any atom is 0.340 e. The van der Waals surface area contributed by atoms with Gasteiger partial charge in [-0.15, -0.1) is 0 Å². The van der Waals surface area contributed by atoms with Gasteiger partial charge in [0.25, 0.3) is 0 Å². The van der Waals surface area contributed by atoms with Crippen LogP contribution in [0, 0.1) is 0 Å². The van der Waals surface area contributed by atoms with Crippen molar-refractivity contribution < 1.29 is 42.5 Å². The van der Waals surface area contributed by atoms with E-state index in [1.54, 1.807) is 24.7 Å². The first-order chi connectivity index (χ1) is 19.7. The molecule has 0 radical (unpaired) electrons. The lowest BCUT2D eigenvalue weighted by molar-refractivity contribution is -0.199. The molecule has 1 aromatic carbocycles. The number of ether oxygens (including phenoxy) is 3. The predicted molar refractivity (Wildman–Crippen MR) is 150 cm³/mol. The van der Waals surface area contributed by atoms with Gasteiger partial charge in [-0.3, -0.25) is 13.7 Å². The molecule has 3 aliphatic heterocycles. The largest absolute Gasteiger partial charge is 0.347 e. The van der Waals surface area contributed by atoms with E-state index < -0.39 is 58.0 Å². The second kappa shape index (κ2) is 9.77. The highest BCUT2D eigenvalue weighted by atomic mass is 35.5. The Morgan fingerprint density at radius 1 is 1.12 bits per heavy atom. The number of para-hydroxylation sites is 1. The molecule has 17 heteroatoms. The predicted octanol–water partition coefficient (Wildman–Crippen LogP) is 3.81. The molecule has 7 rings (SSSR count). The Labute approximate surface area is 245 Å². The van der Waals surface area contributed by atoms with Crippen LogP contribution in [0.5, 0.6) is 0 Å². The van der Waals surface area contributed by atoms with Crippen molar-refractivity contribution in [2.75, 3.05) is 24.0 Å². The van der Waals surface area contributed by atoms with Crippen LogP contribution in [0.4, 0.5) is 11.5 Å². The third-order valence-corrected chi connectivity index (χ3v) is 12.0. The standard InChI is InChI=1S/C25H30ClN5O9P2/c1-24(2)39-18-16(10-37-42(35,36)13-41(32,33)34)38-22(19(18)40-24)31-12-27-17-20(28-23(26)29-21(17)31)30-11-25(8-5-9-25)14-6-3-4-7-15(14)30/h3-4,6-7,12,16,18-19,22H,5,8-11,13H2,1-2H3,(H,35,36)(H2,32,33,34)/t16-,18?,19+,22-/m1/s1. The highest BCUT2D eigenvalue weighted by Gasteiger charge is 2.57. The average Bonchev–Trinajstić information content (AvgIpc) is 3.59. The number of hydrogen-bond acceptors (Lipinski definition) is 10. The first kappa shape index (κ1) is 28.8. The van der Waals surface area contributed by atoms with Crippen LogP contribution in [0.15, 0.2) is 30.6 Å². The van der Waals surface area contributed by atoms with Gasteiger partial charge in [0, 0.05) is 17.6 Å². The Morgan fingerprint density at radius 3 is 2.57 bits per heavy atom. The van der Waals surface area contributed by atoms with Crippen LogP contribution < -0.4 is 4.90 Å². The van der Waals surface area contributed by atoms with Crippen molar-refractivity contribution in [1.82, 2.24) is 19.5 Å². The molecule has 42 heavy (non-hydrogen) atoms. The maximum absolute atomic E-state index is 12.3. The third-order valence-electron chi connectivity index (χ3n) is 8.37. The molecular formula is C25H30ClN5O9P2. The molecule has 0 bridgehead atoms. The zero-order chi connectivity index (χ0) is 29.7. The van der Waals surface area contributed by atoms with E-state index in [4.69, 9.17) is 40.1 Å². The van der Waals surface area contributed by atoms with E-state index in [0.717, 1.165) is 25.1 Å². The lowest BCUT2D eigenvalue weighted by Gasteiger charge is -2.39. The molecule has 3 fully saturated rings. The van der Waals surface area contributed by atoms with Crippen LogP contribution in [0.25, 0.3) is 11.2 Å². The summed E-state index contributed by atoms with van der Waals surface area (Å²) >= 11 is 6.49.